The van der Waals surface area contributed by atoms with Crippen molar-refractivity contribution in [3.8, 4) is 0 Å². The zero-order valence-electron chi connectivity index (χ0n) is 9.55. The Kier molecular flexibility index (Phi) is 3.89. The largest absolute Gasteiger partial charge is 0.272 e. The lowest BCUT2D eigenvalue weighted by Gasteiger charge is -2.05. The molecule has 0 aliphatic carbocycles. The van der Waals surface area contributed by atoms with Crippen molar-refractivity contribution < 1.29 is 8.42 Å². The van der Waals surface area contributed by atoms with Crippen molar-refractivity contribution in [3.05, 3.63) is 40.4 Å². The SMILES string of the molecule is CCc1ccc(S(=O)(=O)Nc2cccc(Cl)n2)s1. The number of nitrogens with zero attached hydrogens (tertiary/aromatic N) is 1. The Bertz CT molecular complexity index is 653. The van der Waals surface area contributed by atoms with Crippen LogP contribution in [0.15, 0.2) is 34.5 Å². The number of pyridine rings is 1. The summed E-state index contributed by atoms with van der Waals surface area (Å²) in [5.41, 5.74) is 0. The van der Waals surface area contributed by atoms with Crippen molar-refractivity contribution in [2.75, 3.05) is 4.72 Å². The molecule has 0 aromatic carbocycles. The molecule has 2 aromatic rings. The van der Waals surface area contributed by atoms with Crippen LogP contribution >= 0.6 is 22.9 Å². The second kappa shape index (κ2) is 5.26. The van der Waals surface area contributed by atoms with Crippen LogP contribution in [0.2, 0.25) is 5.15 Å². The standard InChI is InChI=1S/C11H11ClN2O2S2/c1-2-8-6-7-11(17-8)18(15,16)14-10-5-3-4-9(12)13-10/h3-7H,2H2,1H3,(H,13,14). The molecule has 4 nitrogen and oxygen atoms in total. The molecule has 18 heavy (non-hydrogen) atoms. The molecule has 2 heterocycles. The van der Waals surface area contributed by atoms with E-state index in [1.807, 2.05) is 13.0 Å². The predicted molar refractivity (Wildman–Crippen MR) is 73.8 cm³/mol. The van der Waals surface area contributed by atoms with Gasteiger partial charge >= 0.3 is 0 Å². The second-order valence-corrected chi connectivity index (χ2v) is 6.99. The van der Waals surface area contributed by atoms with E-state index in [2.05, 4.69) is 9.71 Å². The fourth-order valence-electron chi connectivity index (χ4n) is 1.35. The van der Waals surface area contributed by atoms with Gasteiger partial charge in [-0.3, -0.25) is 4.72 Å². The minimum absolute atomic E-state index is 0.217. The van der Waals surface area contributed by atoms with Gasteiger partial charge in [0.05, 0.1) is 0 Å². The van der Waals surface area contributed by atoms with E-state index in [9.17, 15) is 8.42 Å². The van der Waals surface area contributed by atoms with Gasteiger partial charge in [0.2, 0.25) is 0 Å². The molecule has 0 unspecified atom stereocenters. The van der Waals surface area contributed by atoms with Crippen LogP contribution in [0.25, 0.3) is 0 Å². The Labute approximate surface area is 115 Å². The third-order valence-corrected chi connectivity index (χ3v) is 5.49. The number of halogens is 1. The lowest BCUT2D eigenvalue weighted by atomic mass is 10.4. The van der Waals surface area contributed by atoms with E-state index in [-0.39, 0.29) is 15.2 Å². The summed E-state index contributed by atoms with van der Waals surface area (Å²) in [4.78, 5) is 4.91. The summed E-state index contributed by atoms with van der Waals surface area (Å²) in [6.07, 6.45) is 0.815. The highest BCUT2D eigenvalue weighted by Crippen LogP contribution is 2.24. The third-order valence-electron chi connectivity index (χ3n) is 2.20. The minimum Gasteiger partial charge on any atom is -0.263 e. The topological polar surface area (TPSA) is 59.1 Å². The van der Waals surface area contributed by atoms with Crippen LogP contribution in [0.5, 0.6) is 0 Å². The number of aromatic nitrogens is 1. The van der Waals surface area contributed by atoms with Crippen molar-refractivity contribution in [3.63, 3.8) is 0 Å². The molecule has 1 N–H and O–H groups in total. The smallest absolute Gasteiger partial charge is 0.263 e. The quantitative estimate of drug-likeness (QED) is 0.883. The fourth-order valence-corrected chi connectivity index (χ4v) is 3.81. The van der Waals surface area contributed by atoms with E-state index in [0.717, 1.165) is 11.3 Å². The highest BCUT2D eigenvalue weighted by molar-refractivity contribution is 7.94. The Balaban J connectivity index is 2.27. The summed E-state index contributed by atoms with van der Waals surface area (Å²) in [5.74, 6) is 0.217. The molecule has 0 spiro atoms. The molecule has 0 saturated heterocycles. The average molecular weight is 303 g/mol. The van der Waals surface area contributed by atoms with E-state index in [1.54, 1.807) is 24.3 Å². The molecule has 96 valence electrons. The van der Waals surface area contributed by atoms with Crippen molar-refractivity contribution in [1.82, 2.24) is 4.98 Å². The van der Waals surface area contributed by atoms with Gasteiger partial charge in [-0.1, -0.05) is 24.6 Å². The summed E-state index contributed by atoms with van der Waals surface area (Å²) in [6, 6.07) is 8.18. The average Bonchev–Trinajstić information content (AvgIpc) is 2.77. The lowest BCUT2D eigenvalue weighted by molar-refractivity contribution is 0.603. The van der Waals surface area contributed by atoms with Gasteiger partial charge in [0.15, 0.2) is 0 Å². The van der Waals surface area contributed by atoms with Crippen LogP contribution < -0.4 is 4.72 Å². The Morgan fingerprint density at radius 1 is 1.33 bits per heavy atom. The maximum absolute atomic E-state index is 12.1. The van der Waals surface area contributed by atoms with E-state index >= 15 is 0 Å². The third kappa shape index (κ3) is 3.01. The van der Waals surface area contributed by atoms with Gasteiger partial charge in [0.25, 0.3) is 10.0 Å². The molecular weight excluding hydrogens is 292 g/mol. The molecule has 0 bridgehead atoms. The first-order valence-electron chi connectivity index (χ1n) is 5.25. The molecule has 7 heteroatoms. The van der Waals surface area contributed by atoms with Gasteiger partial charge < -0.3 is 0 Å². The number of hydrogen-bond donors (Lipinski definition) is 1. The molecule has 0 fully saturated rings. The van der Waals surface area contributed by atoms with E-state index in [4.69, 9.17) is 11.6 Å². The molecule has 0 saturated carbocycles. The van der Waals surface area contributed by atoms with Gasteiger partial charge in [0.1, 0.15) is 15.2 Å². The Morgan fingerprint density at radius 3 is 2.72 bits per heavy atom. The van der Waals surface area contributed by atoms with Crippen LogP contribution in [0.1, 0.15) is 11.8 Å². The molecule has 0 radical (unpaired) electrons. The highest BCUT2D eigenvalue weighted by Gasteiger charge is 2.17. The summed E-state index contributed by atoms with van der Waals surface area (Å²) in [6.45, 7) is 1.98. The van der Waals surface area contributed by atoms with Gasteiger partial charge in [0, 0.05) is 4.88 Å². The molecule has 0 atom stereocenters. The first-order chi connectivity index (χ1) is 8.51. The van der Waals surface area contributed by atoms with Crippen molar-refractivity contribution in [2.45, 2.75) is 17.6 Å². The monoisotopic (exact) mass is 302 g/mol. The molecular formula is C11H11ClN2O2S2. The van der Waals surface area contributed by atoms with E-state index < -0.39 is 10.0 Å². The van der Waals surface area contributed by atoms with Gasteiger partial charge in [-0.2, -0.15) is 0 Å². The molecule has 2 rings (SSSR count). The van der Waals surface area contributed by atoms with Crippen LogP contribution in [0.4, 0.5) is 5.82 Å². The first-order valence-corrected chi connectivity index (χ1v) is 7.93. The minimum atomic E-state index is -3.57. The number of sulfonamides is 1. The van der Waals surface area contributed by atoms with Crippen LogP contribution in [0.3, 0.4) is 0 Å². The summed E-state index contributed by atoms with van der Waals surface area (Å²) in [7, 11) is -3.57. The zero-order chi connectivity index (χ0) is 13.2. The van der Waals surface area contributed by atoms with Gasteiger partial charge in [-0.25, -0.2) is 13.4 Å². The lowest BCUT2D eigenvalue weighted by Crippen LogP contribution is -2.12. The predicted octanol–water partition coefficient (Wildman–Crippen LogP) is 3.16. The van der Waals surface area contributed by atoms with Gasteiger partial charge in [-0.15, -0.1) is 11.3 Å². The van der Waals surface area contributed by atoms with Gasteiger partial charge in [-0.05, 0) is 30.7 Å². The maximum Gasteiger partial charge on any atom is 0.272 e. The molecule has 0 aliphatic heterocycles. The summed E-state index contributed by atoms with van der Waals surface area (Å²) >= 11 is 6.95. The number of anilines is 1. The molecule has 0 amide bonds. The number of thiophene rings is 1. The van der Waals surface area contributed by atoms with E-state index in [0.29, 0.717) is 0 Å². The van der Waals surface area contributed by atoms with Crippen LogP contribution in [-0.2, 0) is 16.4 Å². The highest BCUT2D eigenvalue weighted by atomic mass is 35.5. The number of rotatable bonds is 4. The summed E-state index contributed by atoms with van der Waals surface area (Å²) < 4.78 is 26.8. The van der Waals surface area contributed by atoms with Crippen molar-refractivity contribution in [1.29, 1.82) is 0 Å². The Hall–Kier alpha value is -1.11. The maximum atomic E-state index is 12.1. The normalized spacial score (nSPS) is 11.4. The molecule has 2 aromatic heterocycles. The molecule has 0 aliphatic rings. The zero-order valence-corrected chi connectivity index (χ0v) is 11.9. The fraction of sp³-hybridized carbons (Fsp3) is 0.182. The van der Waals surface area contributed by atoms with E-state index in [1.165, 1.54) is 11.3 Å². The van der Waals surface area contributed by atoms with Crippen LogP contribution in [0, 0.1) is 0 Å². The van der Waals surface area contributed by atoms with Crippen molar-refractivity contribution in [2.24, 2.45) is 0 Å². The van der Waals surface area contributed by atoms with Crippen LogP contribution in [-0.4, -0.2) is 13.4 Å². The number of hydrogen-bond acceptors (Lipinski definition) is 4. The second-order valence-electron chi connectivity index (χ2n) is 3.53. The number of nitrogens with one attached hydrogen (secondary N) is 1. The van der Waals surface area contributed by atoms with Crippen molar-refractivity contribution >= 4 is 38.8 Å². The Morgan fingerprint density at radius 2 is 2.11 bits per heavy atom. The summed E-state index contributed by atoms with van der Waals surface area (Å²) in [5, 5.41) is 0.246. The number of aryl methyl sites for hydroxylation is 1. The first kappa shape index (κ1) is 13.3.